The summed E-state index contributed by atoms with van der Waals surface area (Å²) in [4.78, 5) is 11.9. The molecule has 1 aromatic rings. The summed E-state index contributed by atoms with van der Waals surface area (Å²) in [5.41, 5.74) is 0.647. The van der Waals surface area contributed by atoms with Crippen LogP contribution in [0.5, 0.6) is 0 Å². The lowest BCUT2D eigenvalue weighted by Gasteiger charge is -2.13. The Labute approximate surface area is 108 Å². The van der Waals surface area contributed by atoms with Crippen LogP contribution in [0.3, 0.4) is 0 Å². The van der Waals surface area contributed by atoms with Gasteiger partial charge in [0.2, 0.25) is 0 Å². The van der Waals surface area contributed by atoms with Crippen molar-refractivity contribution >= 4 is 17.5 Å². The van der Waals surface area contributed by atoms with E-state index >= 15 is 0 Å². The van der Waals surface area contributed by atoms with Crippen molar-refractivity contribution in [3.63, 3.8) is 0 Å². The summed E-state index contributed by atoms with van der Waals surface area (Å²) in [7, 11) is 0. The lowest BCUT2D eigenvalue weighted by molar-refractivity contribution is 0.0944. The van der Waals surface area contributed by atoms with Gasteiger partial charge in [0.25, 0.3) is 5.91 Å². The van der Waals surface area contributed by atoms with Gasteiger partial charge in [-0.25, -0.2) is 0 Å². The quantitative estimate of drug-likeness (QED) is 0.762. The molecule has 0 spiro atoms. The average molecular weight is 258 g/mol. The van der Waals surface area contributed by atoms with E-state index in [2.05, 4.69) is 12.2 Å². The Bertz CT molecular complexity index is 349. The van der Waals surface area contributed by atoms with E-state index in [0.29, 0.717) is 23.9 Å². The van der Waals surface area contributed by atoms with Gasteiger partial charge in [0.1, 0.15) is 5.76 Å². The number of nitrogens with one attached hydrogen (secondary N) is 1. The Morgan fingerprint density at radius 1 is 1.53 bits per heavy atom. The molecule has 4 heteroatoms. The third-order valence-corrected chi connectivity index (χ3v) is 3.18. The highest BCUT2D eigenvalue weighted by Crippen LogP contribution is 2.12. The fraction of sp³-hybridized carbons (Fsp3) is 0.615. The summed E-state index contributed by atoms with van der Waals surface area (Å²) in [6.45, 7) is 4.76. The van der Waals surface area contributed by atoms with Crippen LogP contribution in [0, 0.1) is 5.92 Å². The Balaban J connectivity index is 2.49. The van der Waals surface area contributed by atoms with Crippen LogP contribution < -0.4 is 5.32 Å². The zero-order valence-electron chi connectivity index (χ0n) is 10.5. The molecule has 96 valence electrons. The van der Waals surface area contributed by atoms with Crippen LogP contribution in [0.4, 0.5) is 0 Å². The monoisotopic (exact) mass is 257 g/mol. The third kappa shape index (κ3) is 4.08. The maximum Gasteiger partial charge on any atom is 0.254 e. The smallest absolute Gasteiger partial charge is 0.254 e. The Kier molecular flexibility index (Phi) is 6.12. The Morgan fingerprint density at radius 2 is 2.29 bits per heavy atom. The highest BCUT2D eigenvalue weighted by molar-refractivity contribution is 6.17. The zero-order chi connectivity index (χ0) is 12.7. The van der Waals surface area contributed by atoms with Gasteiger partial charge in [-0.2, -0.15) is 0 Å². The molecular weight excluding hydrogens is 238 g/mol. The summed E-state index contributed by atoms with van der Waals surface area (Å²) in [6.07, 6.45) is 4.25. The molecule has 1 atom stereocenters. The predicted molar refractivity (Wildman–Crippen MR) is 69.5 cm³/mol. The number of carbonyl (C=O) groups excluding carboxylic acids is 1. The summed E-state index contributed by atoms with van der Waals surface area (Å²) in [5, 5.41) is 2.94. The minimum atomic E-state index is -0.0522. The van der Waals surface area contributed by atoms with Crippen molar-refractivity contribution in [1.82, 2.24) is 5.32 Å². The minimum Gasteiger partial charge on any atom is -0.469 e. The van der Waals surface area contributed by atoms with Crippen LogP contribution in [0.25, 0.3) is 0 Å². The van der Waals surface area contributed by atoms with E-state index in [1.54, 1.807) is 12.3 Å². The molecule has 0 saturated heterocycles. The first-order chi connectivity index (χ1) is 8.22. The third-order valence-electron chi connectivity index (χ3n) is 2.96. The molecule has 1 unspecified atom stereocenters. The molecule has 0 aromatic carbocycles. The molecule has 17 heavy (non-hydrogen) atoms. The molecule has 0 radical (unpaired) electrons. The van der Waals surface area contributed by atoms with Crippen LogP contribution in [0.2, 0.25) is 0 Å². The lowest BCUT2D eigenvalue weighted by atomic mass is 10.0. The molecule has 1 aromatic heterocycles. The SMILES string of the molecule is CCc1occc1C(=O)NCC(CC)CCCl. The fourth-order valence-corrected chi connectivity index (χ4v) is 2.06. The van der Waals surface area contributed by atoms with Crippen LogP contribution >= 0.6 is 11.6 Å². The Hall–Kier alpha value is -0.960. The van der Waals surface area contributed by atoms with Gasteiger partial charge in [0.15, 0.2) is 0 Å². The van der Waals surface area contributed by atoms with Gasteiger partial charge < -0.3 is 9.73 Å². The van der Waals surface area contributed by atoms with Gasteiger partial charge in [0, 0.05) is 18.8 Å². The number of aryl methyl sites for hydroxylation is 1. The second-order valence-corrected chi connectivity index (χ2v) is 4.45. The van der Waals surface area contributed by atoms with Crippen molar-refractivity contribution in [2.24, 2.45) is 5.92 Å². The molecule has 1 N–H and O–H groups in total. The molecule has 0 bridgehead atoms. The molecule has 1 amide bonds. The first-order valence-electron chi connectivity index (χ1n) is 6.13. The molecule has 0 aliphatic heterocycles. The van der Waals surface area contributed by atoms with Crippen LogP contribution in [0.15, 0.2) is 16.7 Å². The van der Waals surface area contributed by atoms with Crippen LogP contribution in [-0.2, 0) is 6.42 Å². The van der Waals surface area contributed by atoms with Crippen molar-refractivity contribution in [2.75, 3.05) is 12.4 Å². The molecule has 0 fully saturated rings. The number of amides is 1. The van der Waals surface area contributed by atoms with Gasteiger partial charge >= 0.3 is 0 Å². The van der Waals surface area contributed by atoms with Crippen molar-refractivity contribution in [3.05, 3.63) is 23.7 Å². The number of hydrogen-bond acceptors (Lipinski definition) is 2. The van der Waals surface area contributed by atoms with E-state index in [1.807, 2.05) is 6.92 Å². The van der Waals surface area contributed by atoms with Crippen LogP contribution in [-0.4, -0.2) is 18.3 Å². The number of alkyl halides is 1. The van der Waals surface area contributed by atoms with Crippen molar-refractivity contribution in [3.8, 4) is 0 Å². The zero-order valence-corrected chi connectivity index (χ0v) is 11.2. The number of halogens is 1. The normalized spacial score (nSPS) is 12.4. The maximum atomic E-state index is 11.9. The summed E-state index contributed by atoms with van der Waals surface area (Å²) in [6, 6.07) is 1.72. The van der Waals surface area contributed by atoms with E-state index in [9.17, 15) is 4.79 Å². The van der Waals surface area contributed by atoms with E-state index in [0.717, 1.165) is 25.0 Å². The van der Waals surface area contributed by atoms with Crippen molar-refractivity contribution in [2.45, 2.75) is 33.1 Å². The standard InChI is InChI=1S/C13H20ClNO2/c1-3-10(5-7-14)9-15-13(16)11-6-8-17-12(11)4-2/h6,8,10H,3-5,7,9H2,1-2H3,(H,15,16). The van der Waals surface area contributed by atoms with E-state index in [4.69, 9.17) is 16.0 Å². The molecule has 0 aliphatic rings. The maximum absolute atomic E-state index is 11.9. The van der Waals surface area contributed by atoms with Gasteiger partial charge in [0.05, 0.1) is 11.8 Å². The first kappa shape index (κ1) is 14.1. The van der Waals surface area contributed by atoms with E-state index < -0.39 is 0 Å². The van der Waals surface area contributed by atoms with Gasteiger partial charge in [-0.1, -0.05) is 20.3 Å². The van der Waals surface area contributed by atoms with Crippen molar-refractivity contribution in [1.29, 1.82) is 0 Å². The molecule has 3 nitrogen and oxygen atoms in total. The summed E-state index contributed by atoms with van der Waals surface area (Å²) >= 11 is 5.71. The predicted octanol–water partition coefficient (Wildman–Crippen LogP) is 3.23. The highest BCUT2D eigenvalue weighted by Gasteiger charge is 2.14. The molecule has 1 heterocycles. The lowest BCUT2D eigenvalue weighted by Crippen LogP contribution is -2.29. The topological polar surface area (TPSA) is 42.2 Å². The first-order valence-corrected chi connectivity index (χ1v) is 6.66. The van der Waals surface area contributed by atoms with E-state index in [-0.39, 0.29) is 5.91 Å². The van der Waals surface area contributed by atoms with E-state index in [1.165, 1.54) is 0 Å². The Morgan fingerprint density at radius 3 is 2.88 bits per heavy atom. The number of rotatable bonds is 7. The highest BCUT2D eigenvalue weighted by atomic mass is 35.5. The number of furan rings is 1. The second kappa shape index (κ2) is 7.38. The molecule has 0 aliphatic carbocycles. The number of carbonyl (C=O) groups is 1. The largest absolute Gasteiger partial charge is 0.469 e. The fourth-order valence-electron chi connectivity index (χ4n) is 1.75. The van der Waals surface area contributed by atoms with Gasteiger partial charge in [-0.3, -0.25) is 4.79 Å². The van der Waals surface area contributed by atoms with Gasteiger partial charge in [-0.15, -0.1) is 11.6 Å². The average Bonchev–Trinajstić information content (AvgIpc) is 2.82. The minimum absolute atomic E-state index is 0.0522. The summed E-state index contributed by atoms with van der Waals surface area (Å²) in [5.74, 6) is 1.78. The van der Waals surface area contributed by atoms with Gasteiger partial charge in [-0.05, 0) is 18.4 Å². The second-order valence-electron chi connectivity index (χ2n) is 4.07. The molecule has 0 saturated carbocycles. The van der Waals surface area contributed by atoms with Crippen LogP contribution in [0.1, 0.15) is 42.8 Å². The molecule has 1 rings (SSSR count). The molecular formula is C13H20ClNO2. The van der Waals surface area contributed by atoms with Crippen molar-refractivity contribution < 1.29 is 9.21 Å². The summed E-state index contributed by atoms with van der Waals surface area (Å²) < 4.78 is 5.23. The number of hydrogen-bond donors (Lipinski definition) is 1.